The average Bonchev–Trinajstić information content (AvgIpc) is 2.38. The summed E-state index contributed by atoms with van der Waals surface area (Å²) in [6.07, 6.45) is 9.93. The highest BCUT2D eigenvalue weighted by atomic mass is 32.2. The SMILES string of the molecule is C[C@@H]1CC[C@H](C2=CS[C@@H]3CCCC[C@@H]3N2)[C@H](C)C1. The van der Waals surface area contributed by atoms with Crippen molar-refractivity contribution in [2.24, 2.45) is 17.8 Å². The van der Waals surface area contributed by atoms with Crippen LogP contribution in [0.2, 0.25) is 0 Å². The molecule has 0 unspecified atom stereocenters. The predicted octanol–water partition coefficient (Wildman–Crippen LogP) is 4.55. The summed E-state index contributed by atoms with van der Waals surface area (Å²) in [5, 5.41) is 7.25. The maximum Gasteiger partial charge on any atom is 0.0380 e. The molecule has 2 heteroatoms. The Morgan fingerprint density at radius 2 is 1.94 bits per heavy atom. The molecule has 1 nitrogen and oxygen atoms in total. The van der Waals surface area contributed by atoms with E-state index in [9.17, 15) is 0 Å². The Morgan fingerprint density at radius 1 is 1.11 bits per heavy atom. The van der Waals surface area contributed by atoms with Gasteiger partial charge in [0.1, 0.15) is 0 Å². The first-order valence-corrected chi connectivity index (χ1v) is 8.80. The normalized spacial score (nSPS) is 44.8. The van der Waals surface area contributed by atoms with Crippen LogP contribution in [-0.2, 0) is 0 Å². The number of rotatable bonds is 1. The zero-order chi connectivity index (χ0) is 12.5. The van der Waals surface area contributed by atoms with Crippen LogP contribution >= 0.6 is 11.8 Å². The molecule has 1 heterocycles. The van der Waals surface area contributed by atoms with Crippen molar-refractivity contribution in [3.05, 3.63) is 11.1 Å². The van der Waals surface area contributed by atoms with Gasteiger partial charge >= 0.3 is 0 Å². The summed E-state index contributed by atoms with van der Waals surface area (Å²) in [5.41, 5.74) is 1.59. The molecule has 18 heavy (non-hydrogen) atoms. The summed E-state index contributed by atoms with van der Waals surface area (Å²) in [4.78, 5) is 0. The molecule has 2 aliphatic carbocycles. The largest absolute Gasteiger partial charge is 0.384 e. The quantitative estimate of drug-likeness (QED) is 0.746. The Morgan fingerprint density at radius 3 is 2.78 bits per heavy atom. The molecule has 0 radical (unpaired) electrons. The van der Waals surface area contributed by atoms with Crippen LogP contribution in [0, 0.1) is 17.8 Å². The summed E-state index contributed by atoms with van der Waals surface area (Å²) >= 11 is 2.13. The van der Waals surface area contributed by atoms with E-state index in [2.05, 4.69) is 36.3 Å². The van der Waals surface area contributed by atoms with Gasteiger partial charge in [0.25, 0.3) is 0 Å². The van der Waals surface area contributed by atoms with Gasteiger partial charge in [0.2, 0.25) is 0 Å². The van der Waals surface area contributed by atoms with E-state index < -0.39 is 0 Å². The molecule has 2 fully saturated rings. The fourth-order valence-electron chi connectivity index (χ4n) is 4.16. The molecule has 0 spiro atoms. The Kier molecular flexibility index (Phi) is 3.93. The van der Waals surface area contributed by atoms with Crippen LogP contribution in [0.25, 0.3) is 0 Å². The van der Waals surface area contributed by atoms with E-state index in [0.717, 1.165) is 29.0 Å². The van der Waals surface area contributed by atoms with E-state index in [4.69, 9.17) is 0 Å². The molecular weight excluding hydrogens is 238 g/mol. The summed E-state index contributed by atoms with van der Waals surface area (Å²) in [6.45, 7) is 4.88. The maximum absolute atomic E-state index is 3.91. The minimum atomic E-state index is 0.773. The number of hydrogen-bond donors (Lipinski definition) is 1. The van der Waals surface area contributed by atoms with Crippen molar-refractivity contribution in [1.29, 1.82) is 0 Å². The second-order valence-corrected chi connectivity index (χ2v) is 7.90. The van der Waals surface area contributed by atoms with Crippen LogP contribution in [0.15, 0.2) is 11.1 Å². The van der Waals surface area contributed by atoms with Crippen molar-refractivity contribution >= 4 is 11.8 Å². The Bertz CT molecular complexity index is 325. The van der Waals surface area contributed by atoms with Crippen molar-refractivity contribution < 1.29 is 0 Å². The summed E-state index contributed by atoms with van der Waals surface area (Å²) < 4.78 is 0. The van der Waals surface area contributed by atoms with Crippen molar-refractivity contribution in [1.82, 2.24) is 5.32 Å². The zero-order valence-corrected chi connectivity index (χ0v) is 12.6. The third kappa shape index (κ3) is 2.59. The molecule has 0 bridgehead atoms. The molecule has 1 N–H and O–H groups in total. The van der Waals surface area contributed by atoms with Crippen LogP contribution in [0.3, 0.4) is 0 Å². The summed E-state index contributed by atoms with van der Waals surface area (Å²) in [7, 11) is 0. The number of nitrogens with one attached hydrogen (secondary N) is 1. The van der Waals surface area contributed by atoms with Crippen LogP contribution < -0.4 is 5.32 Å². The van der Waals surface area contributed by atoms with Crippen LogP contribution in [0.4, 0.5) is 0 Å². The average molecular weight is 265 g/mol. The molecule has 0 aromatic heterocycles. The molecule has 1 aliphatic heterocycles. The predicted molar refractivity (Wildman–Crippen MR) is 80.5 cm³/mol. The maximum atomic E-state index is 3.91. The molecule has 2 saturated carbocycles. The highest BCUT2D eigenvalue weighted by Crippen LogP contribution is 2.41. The van der Waals surface area contributed by atoms with Gasteiger partial charge in [-0.05, 0) is 42.9 Å². The van der Waals surface area contributed by atoms with Crippen LogP contribution in [0.1, 0.15) is 58.8 Å². The van der Waals surface area contributed by atoms with E-state index in [1.165, 1.54) is 44.9 Å². The van der Waals surface area contributed by atoms with Crippen molar-refractivity contribution in [3.63, 3.8) is 0 Å². The van der Waals surface area contributed by atoms with Crippen molar-refractivity contribution in [2.75, 3.05) is 0 Å². The Labute approximate surface area is 116 Å². The van der Waals surface area contributed by atoms with Gasteiger partial charge < -0.3 is 5.32 Å². The lowest BCUT2D eigenvalue weighted by Crippen LogP contribution is -2.44. The standard InChI is InChI=1S/C16H27NS/c1-11-7-8-13(12(2)9-11)15-10-18-16-6-4-3-5-14(16)17-15/h10-14,16-17H,3-9H2,1-2H3/t11-,12-,13+,14+,16-/m1/s1. The van der Waals surface area contributed by atoms with Gasteiger partial charge in [-0.3, -0.25) is 0 Å². The van der Waals surface area contributed by atoms with Gasteiger partial charge in [0.05, 0.1) is 0 Å². The highest BCUT2D eigenvalue weighted by molar-refractivity contribution is 8.02. The molecule has 0 aromatic rings. The fraction of sp³-hybridized carbons (Fsp3) is 0.875. The monoisotopic (exact) mass is 265 g/mol. The first-order chi connectivity index (χ1) is 8.74. The summed E-state index contributed by atoms with van der Waals surface area (Å²) in [6, 6.07) is 0.773. The van der Waals surface area contributed by atoms with E-state index in [0.29, 0.717) is 0 Å². The lowest BCUT2D eigenvalue weighted by molar-refractivity contribution is 0.219. The lowest BCUT2D eigenvalue weighted by Gasteiger charge is -2.41. The van der Waals surface area contributed by atoms with E-state index in [1.807, 2.05) is 0 Å². The smallest absolute Gasteiger partial charge is 0.0380 e. The van der Waals surface area contributed by atoms with Gasteiger partial charge in [-0.1, -0.05) is 33.1 Å². The van der Waals surface area contributed by atoms with Crippen LogP contribution in [-0.4, -0.2) is 11.3 Å². The Hall–Kier alpha value is -0.110. The third-order valence-corrected chi connectivity index (χ3v) is 6.56. The molecule has 102 valence electrons. The molecule has 0 saturated heterocycles. The van der Waals surface area contributed by atoms with E-state index >= 15 is 0 Å². The highest BCUT2D eigenvalue weighted by Gasteiger charge is 2.34. The molecule has 3 aliphatic rings. The second-order valence-electron chi connectivity index (χ2n) is 6.79. The van der Waals surface area contributed by atoms with Gasteiger partial charge in [0, 0.05) is 22.9 Å². The number of allylic oxidation sites excluding steroid dienone is 1. The van der Waals surface area contributed by atoms with Gasteiger partial charge in [-0.15, -0.1) is 11.8 Å². The molecule has 3 rings (SSSR count). The van der Waals surface area contributed by atoms with Gasteiger partial charge in [0.15, 0.2) is 0 Å². The molecule has 0 amide bonds. The zero-order valence-electron chi connectivity index (χ0n) is 11.8. The minimum absolute atomic E-state index is 0.773. The van der Waals surface area contributed by atoms with Crippen molar-refractivity contribution in [2.45, 2.75) is 70.1 Å². The first kappa shape index (κ1) is 12.9. The second kappa shape index (κ2) is 5.48. The lowest BCUT2D eigenvalue weighted by atomic mass is 9.74. The number of thioether (sulfide) groups is 1. The molecule has 5 atom stereocenters. The molecule has 0 aromatic carbocycles. The Balaban J connectivity index is 1.67. The topological polar surface area (TPSA) is 12.0 Å². The van der Waals surface area contributed by atoms with E-state index in [-0.39, 0.29) is 0 Å². The van der Waals surface area contributed by atoms with Crippen LogP contribution in [0.5, 0.6) is 0 Å². The molecular formula is C16H27NS. The van der Waals surface area contributed by atoms with Gasteiger partial charge in [-0.25, -0.2) is 0 Å². The fourth-order valence-corrected chi connectivity index (χ4v) is 5.42. The number of hydrogen-bond acceptors (Lipinski definition) is 2. The summed E-state index contributed by atoms with van der Waals surface area (Å²) in [5.74, 6) is 2.63. The van der Waals surface area contributed by atoms with Crippen molar-refractivity contribution in [3.8, 4) is 0 Å². The van der Waals surface area contributed by atoms with E-state index in [1.54, 1.807) is 5.70 Å². The number of fused-ring (bicyclic) bond motifs is 1. The third-order valence-electron chi connectivity index (χ3n) is 5.26. The first-order valence-electron chi connectivity index (χ1n) is 7.86. The minimum Gasteiger partial charge on any atom is -0.384 e. The van der Waals surface area contributed by atoms with Gasteiger partial charge in [-0.2, -0.15) is 0 Å².